The van der Waals surface area contributed by atoms with Crippen LogP contribution in [0, 0.1) is 5.41 Å². The minimum absolute atomic E-state index is 0.188. The summed E-state index contributed by atoms with van der Waals surface area (Å²) in [4.78, 5) is 27.1. The number of carbonyl (C=O) groups is 2. The minimum atomic E-state index is -0.718. The van der Waals surface area contributed by atoms with Crippen LogP contribution in [0.1, 0.15) is 26.2 Å². The molecule has 0 aromatic rings. The topological polar surface area (TPSA) is 70.1 Å². The molecule has 2 aliphatic rings. The van der Waals surface area contributed by atoms with Crippen LogP contribution in [0.4, 0.5) is 0 Å². The lowest BCUT2D eigenvalue weighted by Gasteiger charge is -2.27. The van der Waals surface area contributed by atoms with Crippen molar-refractivity contribution in [1.29, 1.82) is 0 Å². The number of hydrogen-bond donors (Lipinski definition) is 1. The highest BCUT2D eigenvalue weighted by Gasteiger charge is 2.40. The maximum absolute atomic E-state index is 12.0. The van der Waals surface area contributed by atoms with Crippen molar-refractivity contribution in [2.45, 2.75) is 26.2 Å². The predicted molar refractivity (Wildman–Crippen MR) is 73.4 cm³/mol. The van der Waals surface area contributed by atoms with Crippen LogP contribution in [0.3, 0.4) is 0 Å². The first kappa shape index (κ1) is 15.3. The molecular formula is C14H24N2O4. The van der Waals surface area contributed by atoms with Crippen molar-refractivity contribution in [1.82, 2.24) is 9.80 Å². The average Bonchev–Trinajstić information content (AvgIpc) is 2.83. The van der Waals surface area contributed by atoms with Crippen LogP contribution >= 0.6 is 0 Å². The van der Waals surface area contributed by atoms with Crippen LogP contribution in [0.2, 0.25) is 0 Å². The molecule has 114 valence electrons. The Labute approximate surface area is 119 Å². The third-order valence-corrected chi connectivity index (χ3v) is 4.30. The Morgan fingerprint density at radius 2 is 1.95 bits per heavy atom. The smallest absolute Gasteiger partial charge is 0.310 e. The maximum Gasteiger partial charge on any atom is 0.310 e. The highest BCUT2D eigenvalue weighted by molar-refractivity contribution is 5.76. The zero-order valence-electron chi connectivity index (χ0n) is 12.1. The zero-order chi connectivity index (χ0) is 14.6. The standard InChI is InChI=1S/C14H24N2O4/c1-14(13(18)19)4-6-15(11-14)5-2-3-12(17)16-7-9-20-10-8-16/h2-11H2,1H3,(H,18,19). The number of rotatable bonds is 5. The van der Waals surface area contributed by atoms with Gasteiger partial charge in [0.25, 0.3) is 0 Å². The van der Waals surface area contributed by atoms with Gasteiger partial charge in [0.15, 0.2) is 0 Å². The summed E-state index contributed by atoms with van der Waals surface area (Å²) in [6.45, 7) is 6.67. The molecule has 6 nitrogen and oxygen atoms in total. The number of ether oxygens (including phenoxy) is 1. The van der Waals surface area contributed by atoms with Crippen LogP contribution in [-0.2, 0) is 14.3 Å². The molecule has 0 saturated carbocycles. The van der Waals surface area contributed by atoms with Gasteiger partial charge in [-0.1, -0.05) is 0 Å². The SMILES string of the molecule is CC1(C(=O)O)CCN(CCCC(=O)N2CCOCC2)C1. The maximum atomic E-state index is 12.0. The fourth-order valence-electron chi connectivity index (χ4n) is 2.85. The zero-order valence-corrected chi connectivity index (χ0v) is 12.1. The molecule has 20 heavy (non-hydrogen) atoms. The molecular weight excluding hydrogens is 260 g/mol. The second kappa shape index (κ2) is 6.54. The Balaban J connectivity index is 1.66. The normalized spacial score (nSPS) is 27.8. The van der Waals surface area contributed by atoms with Crippen LogP contribution in [-0.4, -0.2) is 72.7 Å². The van der Waals surface area contributed by atoms with Crippen molar-refractivity contribution >= 4 is 11.9 Å². The van der Waals surface area contributed by atoms with Gasteiger partial charge in [0.1, 0.15) is 0 Å². The van der Waals surface area contributed by atoms with Gasteiger partial charge in [0.05, 0.1) is 18.6 Å². The largest absolute Gasteiger partial charge is 0.481 e. The summed E-state index contributed by atoms with van der Waals surface area (Å²) < 4.78 is 5.22. The number of nitrogens with zero attached hydrogens (tertiary/aromatic N) is 2. The molecule has 0 bridgehead atoms. The van der Waals surface area contributed by atoms with Gasteiger partial charge in [-0.25, -0.2) is 0 Å². The Morgan fingerprint density at radius 3 is 2.55 bits per heavy atom. The third-order valence-electron chi connectivity index (χ3n) is 4.30. The van der Waals surface area contributed by atoms with Gasteiger partial charge in [0, 0.05) is 26.1 Å². The van der Waals surface area contributed by atoms with E-state index < -0.39 is 11.4 Å². The van der Waals surface area contributed by atoms with Crippen molar-refractivity contribution in [3.63, 3.8) is 0 Å². The quantitative estimate of drug-likeness (QED) is 0.792. The van der Waals surface area contributed by atoms with Crippen LogP contribution in [0.15, 0.2) is 0 Å². The van der Waals surface area contributed by atoms with E-state index in [0.29, 0.717) is 45.7 Å². The molecule has 2 fully saturated rings. The summed E-state index contributed by atoms with van der Waals surface area (Å²) in [5.41, 5.74) is -0.617. The number of carboxylic acids is 1. The summed E-state index contributed by atoms with van der Waals surface area (Å²) in [5, 5.41) is 9.17. The molecule has 1 atom stereocenters. The summed E-state index contributed by atoms with van der Waals surface area (Å²) in [7, 11) is 0. The van der Waals surface area contributed by atoms with Gasteiger partial charge in [0.2, 0.25) is 5.91 Å². The van der Waals surface area contributed by atoms with Crippen molar-refractivity contribution < 1.29 is 19.4 Å². The lowest BCUT2D eigenvalue weighted by Crippen LogP contribution is -2.40. The molecule has 1 N–H and O–H groups in total. The van der Waals surface area contributed by atoms with E-state index in [2.05, 4.69) is 4.90 Å². The van der Waals surface area contributed by atoms with Crippen molar-refractivity contribution in [3.8, 4) is 0 Å². The Hall–Kier alpha value is -1.14. The Kier molecular flexibility index (Phi) is 4.99. The first-order valence-corrected chi connectivity index (χ1v) is 7.32. The fraction of sp³-hybridized carbons (Fsp3) is 0.857. The minimum Gasteiger partial charge on any atom is -0.481 e. The summed E-state index contributed by atoms with van der Waals surface area (Å²) in [6.07, 6.45) is 2.03. The van der Waals surface area contributed by atoms with Gasteiger partial charge in [-0.05, 0) is 32.9 Å². The number of aliphatic carboxylic acids is 1. The monoisotopic (exact) mass is 284 g/mol. The van der Waals surface area contributed by atoms with E-state index in [0.717, 1.165) is 19.5 Å². The fourth-order valence-corrected chi connectivity index (χ4v) is 2.85. The van der Waals surface area contributed by atoms with Crippen LogP contribution in [0.5, 0.6) is 0 Å². The van der Waals surface area contributed by atoms with E-state index in [1.165, 1.54) is 0 Å². The first-order chi connectivity index (χ1) is 9.51. The summed E-state index contributed by atoms with van der Waals surface area (Å²) in [5.74, 6) is -0.530. The second-order valence-corrected chi connectivity index (χ2v) is 5.99. The summed E-state index contributed by atoms with van der Waals surface area (Å²) in [6, 6.07) is 0. The number of amides is 1. The molecule has 6 heteroatoms. The van der Waals surface area contributed by atoms with E-state index >= 15 is 0 Å². The highest BCUT2D eigenvalue weighted by Crippen LogP contribution is 2.30. The van der Waals surface area contributed by atoms with E-state index in [1.807, 2.05) is 4.90 Å². The van der Waals surface area contributed by atoms with Crippen LogP contribution in [0.25, 0.3) is 0 Å². The second-order valence-electron chi connectivity index (χ2n) is 5.99. The number of hydrogen-bond acceptors (Lipinski definition) is 4. The lowest BCUT2D eigenvalue weighted by atomic mass is 9.90. The van der Waals surface area contributed by atoms with Gasteiger partial charge in [-0.15, -0.1) is 0 Å². The van der Waals surface area contributed by atoms with E-state index in [9.17, 15) is 14.7 Å². The van der Waals surface area contributed by atoms with Crippen LogP contribution < -0.4 is 0 Å². The Morgan fingerprint density at radius 1 is 1.25 bits per heavy atom. The first-order valence-electron chi connectivity index (χ1n) is 7.32. The number of likely N-dealkylation sites (tertiary alicyclic amines) is 1. The molecule has 0 radical (unpaired) electrons. The molecule has 2 saturated heterocycles. The van der Waals surface area contributed by atoms with E-state index in [1.54, 1.807) is 6.92 Å². The van der Waals surface area contributed by atoms with Crippen molar-refractivity contribution in [2.75, 3.05) is 45.9 Å². The molecule has 2 heterocycles. The number of morpholine rings is 1. The van der Waals surface area contributed by atoms with Gasteiger partial charge in [-0.2, -0.15) is 0 Å². The van der Waals surface area contributed by atoms with Crippen molar-refractivity contribution in [2.24, 2.45) is 5.41 Å². The molecule has 2 rings (SSSR count). The Bertz CT molecular complexity index is 368. The van der Waals surface area contributed by atoms with E-state index in [-0.39, 0.29) is 5.91 Å². The number of carbonyl (C=O) groups excluding carboxylic acids is 1. The van der Waals surface area contributed by atoms with Gasteiger partial charge < -0.3 is 19.6 Å². The lowest BCUT2D eigenvalue weighted by molar-refractivity contribution is -0.147. The molecule has 0 aliphatic carbocycles. The highest BCUT2D eigenvalue weighted by atomic mass is 16.5. The summed E-state index contributed by atoms with van der Waals surface area (Å²) >= 11 is 0. The van der Waals surface area contributed by atoms with Gasteiger partial charge in [-0.3, -0.25) is 9.59 Å². The molecule has 2 aliphatic heterocycles. The van der Waals surface area contributed by atoms with E-state index in [4.69, 9.17) is 4.74 Å². The molecule has 0 aromatic heterocycles. The van der Waals surface area contributed by atoms with Gasteiger partial charge >= 0.3 is 5.97 Å². The molecule has 0 spiro atoms. The predicted octanol–water partition coefficient (Wildman–Crippen LogP) is 0.422. The molecule has 1 unspecified atom stereocenters. The molecule has 1 amide bonds. The third kappa shape index (κ3) is 3.70. The number of carboxylic acid groups (broad SMARTS) is 1. The average molecular weight is 284 g/mol. The van der Waals surface area contributed by atoms with Crippen molar-refractivity contribution in [3.05, 3.63) is 0 Å². The molecule has 0 aromatic carbocycles.